The summed E-state index contributed by atoms with van der Waals surface area (Å²) in [5.74, 6) is 0.727. The standard InChI is InChI=1S/C14H20N2O3/c1-3-13(17)16-6-7-19-12-5-4-10(8-11(12)16)14(18)9(2)15/h4-5,8-9,14,18H,3,6-7,15H2,1-2H3. The highest BCUT2D eigenvalue weighted by atomic mass is 16.5. The van der Waals surface area contributed by atoms with Crippen molar-refractivity contribution in [2.24, 2.45) is 5.73 Å². The van der Waals surface area contributed by atoms with Gasteiger partial charge in [-0.1, -0.05) is 13.0 Å². The third-order valence-corrected chi connectivity index (χ3v) is 3.29. The molecule has 1 aromatic carbocycles. The lowest BCUT2D eigenvalue weighted by atomic mass is 10.0. The Morgan fingerprint density at radius 2 is 2.32 bits per heavy atom. The highest BCUT2D eigenvalue weighted by Crippen LogP contribution is 2.34. The van der Waals surface area contributed by atoms with Gasteiger partial charge in [-0.25, -0.2) is 0 Å². The fourth-order valence-corrected chi connectivity index (χ4v) is 2.17. The van der Waals surface area contributed by atoms with E-state index in [1.165, 1.54) is 0 Å². The first-order valence-corrected chi connectivity index (χ1v) is 6.55. The summed E-state index contributed by atoms with van der Waals surface area (Å²) in [7, 11) is 0. The Morgan fingerprint density at radius 1 is 1.58 bits per heavy atom. The van der Waals surface area contributed by atoms with Crippen LogP contribution in [0.3, 0.4) is 0 Å². The van der Waals surface area contributed by atoms with E-state index < -0.39 is 6.10 Å². The van der Waals surface area contributed by atoms with Crippen LogP contribution in [-0.4, -0.2) is 30.2 Å². The molecule has 0 spiro atoms. The first kappa shape index (κ1) is 13.8. The van der Waals surface area contributed by atoms with Crippen molar-refractivity contribution in [2.75, 3.05) is 18.1 Å². The lowest BCUT2D eigenvalue weighted by Crippen LogP contribution is -2.37. The van der Waals surface area contributed by atoms with Gasteiger partial charge in [0.05, 0.1) is 18.3 Å². The normalized spacial score (nSPS) is 17.4. The van der Waals surface area contributed by atoms with Crippen LogP contribution in [0.25, 0.3) is 0 Å². The second-order valence-electron chi connectivity index (χ2n) is 4.78. The van der Waals surface area contributed by atoms with Crippen molar-refractivity contribution < 1.29 is 14.6 Å². The zero-order chi connectivity index (χ0) is 14.0. The van der Waals surface area contributed by atoms with Crippen LogP contribution in [0.4, 0.5) is 5.69 Å². The summed E-state index contributed by atoms with van der Waals surface area (Å²) in [6.07, 6.45) is -0.301. The molecule has 0 bridgehead atoms. The van der Waals surface area contributed by atoms with Crippen LogP contribution >= 0.6 is 0 Å². The molecule has 1 heterocycles. The molecule has 0 aliphatic carbocycles. The van der Waals surface area contributed by atoms with Crippen molar-refractivity contribution in [1.29, 1.82) is 0 Å². The molecule has 0 aromatic heterocycles. The van der Waals surface area contributed by atoms with Crippen LogP contribution in [0.15, 0.2) is 18.2 Å². The van der Waals surface area contributed by atoms with Crippen LogP contribution in [0, 0.1) is 0 Å². The largest absolute Gasteiger partial charge is 0.490 e. The van der Waals surface area contributed by atoms with E-state index >= 15 is 0 Å². The Hall–Kier alpha value is -1.59. The van der Waals surface area contributed by atoms with Gasteiger partial charge in [0.2, 0.25) is 5.91 Å². The number of benzene rings is 1. The summed E-state index contributed by atoms with van der Waals surface area (Å²) in [4.78, 5) is 13.6. The molecule has 0 fully saturated rings. The maximum Gasteiger partial charge on any atom is 0.226 e. The van der Waals surface area contributed by atoms with Crippen molar-refractivity contribution >= 4 is 11.6 Å². The second-order valence-corrected chi connectivity index (χ2v) is 4.78. The lowest BCUT2D eigenvalue weighted by Gasteiger charge is -2.30. The average Bonchev–Trinajstić information content (AvgIpc) is 2.44. The number of nitrogens with two attached hydrogens (primary N) is 1. The number of anilines is 1. The topological polar surface area (TPSA) is 75.8 Å². The highest BCUT2D eigenvalue weighted by Gasteiger charge is 2.24. The molecule has 1 aliphatic rings. The van der Waals surface area contributed by atoms with Gasteiger partial charge in [-0.05, 0) is 24.6 Å². The molecule has 3 N–H and O–H groups in total. The van der Waals surface area contributed by atoms with Gasteiger partial charge in [-0.2, -0.15) is 0 Å². The number of ether oxygens (including phenoxy) is 1. The molecule has 1 amide bonds. The fourth-order valence-electron chi connectivity index (χ4n) is 2.17. The van der Waals surface area contributed by atoms with E-state index in [1.807, 2.05) is 6.92 Å². The minimum atomic E-state index is -0.745. The van der Waals surface area contributed by atoms with Gasteiger partial charge < -0.3 is 20.5 Å². The first-order chi connectivity index (χ1) is 9.04. The number of carbonyl (C=O) groups excluding carboxylic acids is 1. The Balaban J connectivity index is 2.38. The van der Waals surface area contributed by atoms with Crippen molar-refractivity contribution in [3.63, 3.8) is 0 Å². The van der Waals surface area contributed by atoms with Gasteiger partial charge in [0.15, 0.2) is 0 Å². The van der Waals surface area contributed by atoms with Crippen molar-refractivity contribution in [1.82, 2.24) is 0 Å². The molecular weight excluding hydrogens is 244 g/mol. The number of amides is 1. The number of aliphatic hydroxyl groups excluding tert-OH is 1. The number of fused-ring (bicyclic) bond motifs is 1. The number of hydrogen-bond acceptors (Lipinski definition) is 4. The summed E-state index contributed by atoms with van der Waals surface area (Å²) in [6, 6.07) is 4.99. The average molecular weight is 264 g/mol. The monoisotopic (exact) mass is 264 g/mol. The maximum atomic E-state index is 11.9. The van der Waals surface area contributed by atoms with Crippen molar-refractivity contribution in [2.45, 2.75) is 32.4 Å². The summed E-state index contributed by atoms with van der Waals surface area (Å²) >= 11 is 0. The van der Waals surface area contributed by atoms with Crippen LogP contribution in [0.5, 0.6) is 5.75 Å². The third kappa shape index (κ3) is 2.72. The van der Waals surface area contributed by atoms with E-state index in [0.717, 1.165) is 5.69 Å². The summed E-state index contributed by atoms with van der Waals surface area (Å²) in [5.41, 5.74) is 7.12. The summed E-state index contributed by atoms with van der Waals surface area (Å²) in [6.45, 7) is 4.61. The van der Waals surface area contributed by atoms with E-state index in [-0.39, 0.29) is 11.9 Å². The molecule has 1 aliphatic heterocycles. The van der Waals surface area contributed by atoms with Crippen LogP contribution < -0.4 is 15.4 Å². The van der Waals surface area contributed by atoms with Gasteiger partial charge in [0.1, 0.15) is 12.4 Å². The number of hydrogen-bond donors (Lipinski definition) is 2. The molecule has 104 valence electrons. The molecule has 0 radical (unpaired) electrons. The Labute approximate surface area is 113 Å². The number of nitrogens with zero attached hydrogens (tertiary/aromatic N) is 1. The Kier molecular flexibility index (Phi) is 4.07. The van der Waals surface area contributed by atoms with Gasteiger partial charge in [-0.15, -0.1) is 0 Å². The highest BCUT2D eigenvalue weighted by molar-refractivity contribution is 5.95. The fraction of sp³-hybridized carbons (Fsp3) is 0.500. The molecule has 2 atom stereocenters. The first-order valence-electron chi connectivity index (χ1n) is 6.55. The van der Waals surface area contributed by atoms with Gasteiger partial charge in [0, 0.05) is 12.5 Å². The zero-order valence-electron chi connectivity index (χ0n) is 11.3. The molecule has 0 saturated heterocycles. The van der Waals surface area contributed by atoms with Gasteiger partial charge >= 0.3 is 0 Å². The predicted octanol–water partition coefficient (Wildman–Crippen LogP) is 1.20. The summed E-state index contributed by atoms with van der Waals surface area (Å²) < 4.78 is 5.54. The number of carbonyl (C=O) groups is 1. The molecule has 2 unspecified atom stereocenters. The molecule has 1 aromatic rings. The van der Waals surface area contributed by atoms with Gasteiger partial charge in [-0.3, -0.25) is 4.79 Å². The third-order valence-electron chi connectivity index (χ3n) is 3.29. The maximum absolute atomic E-state index is 11.9. The van der Waals surface area contributed by atoms with E-state index in [1.54, 1.807) is 30.0 Å². The van der Waals surface area contributed by atoms with Crippen LogP contribution in [-0.2, 0) is 4.79 Å². The molecule has 5 nitrogen and oxygen atoms in total. The van der Waals surface area contributed by atoms with Crippen molar-refractivity contribution in [3.8, 4) is 5.75 Å². The van der Waals surface area contributed by atoms with E-state index in [0.29, 0.717) is 30.9 Å². The minimum absolute atomic E-state index is 0.0528. The quantitative estimate of drug-likeness (QED) is 0.860. The van der Waals surface area contributed by atoms with E-state index in [4.69, 9.17) is 10.5 Å². The SMILES string of the molecule is CCC(=O)N1CCOc2ccc(C(O)C(C)N)cc21. The second kappa shape index (κ2) is 5.59. The smallest absolute Gasteiger partial charge is 0.226 e. The Morgan fingerprint density at radius 3 is 2.95 bits per heavy atom. The molecule has 5 heteroatoms. The Bertz CT molecular complexity index is 474. The van der Waals surface area contributed by atoms with E-state index in [2.05, 4.69) is 0 Å². The van der Waals surface area contributed by atoms with Gasteiger partial charge in [0.25, 0.3) is 0 Å². The van der Waals surface area contributed by atoms with Crippen LogP contribution in [0.2, 0.25) is 0 Å². The zero-order valence-corrected chi connectivity index (χ0v) is 11.3. The molecular formula is C14H20N2O3. The van der Waals surface area contributed by atoms with E-state index in [9.17, 15) is 9.90 Å². The lowest BCUT2D eigenvalue weighted by molar-refractivity contribution is -0.118. The van der Waals surface area contributed by atoms with Crippen LogP contribution in [0.1, 0.15) is 31.9 Å². The molecule has 19 heavy (non-hydrogen) atoms. The summed E-state index contributed by atoms with van der Waals surface area (Å²) in [5, 5.41) is 10.0. The molecule has 0 saturated carbocycles. The number of aliphatic hydroxyl groups is 1. The number of rotatable bonds is 3. The minimum Gasteiger partial charge on any atom is -0.490 e. The van der Waals surface area contributed by atoms with Crippen molar-refractivity contribution in [3.05, 3.63) is 23.8 Å². The molecule has 2 rings (SSSR count). The predicted molar refractivity (Wildman–Crippen MR) is 73.2 cm³/mol.